The summed E-state index contributed by atoms with van der Waals surface area (Å²) < 4.78 is 18.9. The zero-order chi connectivity index (χ0) is 22.3. The lowest BCUT2D eigenvalue weighted by Gasteiger charge is -2.21. The van der Waals surface area contributed by atoms with Gasteiger partial charge in [-0.25, -0.2) is 9.37 Å². The quantitative estimate of drug-likeness (QED) is 0.532. The van der Waals surface area contributed by atoms with Gasteiger partial charge in [0.2, 0.25) is 11.8 Å². The molecule has 7 nitrogen and oxygen atoms in total. The molecule has 1 saturated heterocycles. The fraction of sp³-hybridized carbons (Fsp3) is 0.458. The molecule has 8 heteroatoms. The predicted molar refractivity (Wildman–Crippen MR) is 121 cm³/mol. The number of carbonyl (C=O) groups is 1. The van der Waals surface area contributed by atoms with Crippen LogP contribution >= 0.6 is 0 Å². The van der Waals surface area contributed by atoms with Gasteiger partial charge in [0.05, 0.1) is 0 Å². The van der Waals surface area contributed by atoms with Crippen molar-refractivity contribution in [2.75, 3.05) is 20.1 Å². The van der Waals surface area contributed by atoms with Crippen molar-refractivity contribution in [1.82, 2.24) is 20.5 Å². The van der Waals surface area contributed by atoms with Crippen molar-refractivity contribution in [1.29, 1.82) is 0 Å². The number of ether oxygens (including phenoxy) is 1. The fourth-order valence-electron chi connectivity index (χ4n) is 4.31. The third-order valence-corrected chi connectivity index (χ3v) is 6.04. The minimum Gasteiger partial charge on any atom is -0.439 e. The van der Waals surface area contributed by atoms with E-state index < -0.39 is 0 Å². The second-order valence-electron chi connectivity index (χ2n) is 8.39. The van der Waals surface area contributed by atoms with Gasteiger partial charge in [0, 0.05) is 57.0 Å². The number of nitrogens with zero attached hydrogens (tertiary/aromatic N) is 3. The van der Waals surface area contributed by atoms with Crippen molar-refractivity contribution in [3.63, 3.8) is 0 Å². The van der Waals surface area contributed by atoms with Gasteiger partial charge in [-0.15, -0.1) is 0 Å². The molecule has 2 aliphatic rings. The maximum atomic E-state index is 13.3. The molecule has 1 amide bonds. The zero-order valence-corrected chi connectivity index (χ0v) is 18.4. The number of aliphatic imine (C=N–C) groups is 1. The van der Waals surface area contributed by atoms with E-state index in [4.69, 9.17) is 4.74 Å². The first kappa shape index (κ1) is 22.0. The van der Waals surface area contributed by atoms with Crippen LogP contribution in [-0.4, -0.2) is 47.9 Å². The van der Waals surface area contributed by atoms with Gasteiger partial charge >= 0.3 is 0 Å². The Hall–Kier alpha value is -3.16. The van der Waals surface area contributed by atoms with Gasteiger partial charge in [-0.05, 0) is 37.0 Å². The summed E-state index contributed by atoms with van der Waals surface area (Å²) in [5.41, 5.74) is 0.962. The number of guanidine groups is 1. The van der Waals surface area contributed by atoms with E-state index in [1.54, 1.807) is 31.4 Å². The molecule has 1 aliphatic heterocycles. The number of aromatic nitrogens is 1. The molecule has 0 radical (unpaired) electrons. The molecule has 4 rings (SSSR count). The van der Waals surface area contributed by atoms with Crippen molar-refractivity contribution in [3.8, 4) is 11.6 Å². The van der Waals surface area contributed by atoms with Crippen LogP contribution in [0.5, 0.6) is 11.6 Å². The van der Waals surface area contributed by atoms with Crippen molar-refractivity contribution in [3.05, 3.63) is 54.0 Å². The van der Waals surface area contributed by atoms with Gasteiger partial charge in [0.1, 0.15) is 11.6 Å². The molecule has 2 N–H and O–H groups in total. The van der Waals surface area contributed by atoms with E-state index in [0.29, 0.717) is 30.0 Å². The Kier molecular flexibility index (Phi) is 7.19. The van der Waals surface area contributed by atoms with E-state index in [9.17, 15) is 9.18 Å². The Morgan fingerprint density at radius 1 is 1.25 bits per heavy atom. The third-order valence-electron chi connectivity index (χ3n) is 6.04. The fourth-order valence-corrected chi connectivity index (χ4v) is 4.31. The third kappa shape index (κ3) is 5.75. The van der Waals surface area contributed by atoms with Crippen molar-refractivity contribution >= 4 is 11.9 Å². The highest BCUT2D eigenvalue weighted by Gasteiger charge is 2.32. The topological polar surface area (TPSA) is 78.9 Å². The van der Waals surface area contributed by atoms with Crippen LogP contribution in [0.2, 0.25) is 0 Å². The SMILES string of the molecule is CN=C(NCc1ccc(Oc2cccc(F)c2)nc1)NC1CCN(C(=O)C2CCCC2)C1. The van der Waals surface area contributed by atoms with E-state index in [2.05, 4.69) is 20.6 Å². The monoisotopic (exact) mass is 439 g/mol. The molecule has 1 aliphatic carbocycles. The molecule has 1 unspecified atom stereocenters. The summed E-state index contributed by atoms with van der Waals surface area (Å²) >= 11 is 0. The first-order chi connectivity index (χ1) is 15.6. The maximum Gasteiger partial charge on any atom is 0.225 e. The summed E-state index contributed by atoms with van der Waals surface area (Å²) in [6.07, 6.45) is 7.07. The standard InChI is InChI=1S/C24H30FN5O2/c1-26-24(29-20-11-12-30(16-20)23(31)18-5-2-3-6-18)28-15-17-9-10-22(27-14-17)32-21-8-4-7-19(25)13-21/h4,7-10,13-14,18,20H,2-3,5-6,11-12,15-16H2,1H3,(H2,26,28,29). The van der Waals surface area contributed by atoms with E-state index >= 15 is 0 Å². The van der Waals surface area contributed by atoms with Gasteiger partial charge in [-0.1, -0.05) is 25.0 Å². The molecule has 32 heavy (non-hydrogen) atoms. The molecular formula is C24H30FN5O2. The van der Waals surface area contributed by atoms with Crippen LogP contribution < -0.4 is 15.4 Å². The van der Waals surface area contributed by atoms with Gasteiger partial charge in [-0.3, -0.25) is 9.79 Å². The summed E-state index contributed by atoms with van der Waals surface area (Å²) in [6, 6.07) is 9.81. The molecule has 0 bridgehead atoms. The largest absolute Gasteiger partial charge is 0.439 e. The van der Waals surface area contributed by atoms with Gasteiger partial charge in [0.25, 0.3) is 0 Å². The highest BCUT2D eigenvalue weighted by molar-refractivity contribution is 5.81. The minimum absolute atomic E-state index is 0.201. The van der Waals surface area contributed by atoms with Crippen LogP contribution in [0.3, 0.4) is 0 Å². The second-order valence-corrected chi connectivity index (χ2v) is 8.39. The molecular weight excluding hydrogens is 409 g/mol. The summed E-state index contributed by atoms with van der Waals surface area (Å²) in [5.74, 6) is 1.71. The van der Waals surface area contributed by atoms with Gasteiger partial charge < -0.3 is 20.3 Å². The lowest BCUT2D eigenvalue weighted by Crippen LogP contribution is -2.45. The van der Waals surface area contributed by atoms with Crippen molar-refractivity contribution < 1.29 is 13.9 Å². The molecule has 1 aromatic heterocycles. The molecule has 170 valence electrons. The summed E-state index contributed by atoms with van der Waals surface area (Å²) in [6.45, 7) is 2.08. The Morgan fingerprint density at radius 3 is 2.81 bits per heavy atom. The normalized spacial score (nSPS) is 19.2. The van der Waals surface area contributed by atoms with Gasteiger partial charge in [-0.2, -0.15) is 0 Å². The highest BCUT2D eigenvalue weighted by atomic mass is 19.1. The Balaban J connectivity index is 1.23. The van der Waals surface area contributed by atoms with Crippen molar-refractivity contribution in [2.24, 2.45) is 10.9 Å². The van der Waals surface area contributed by atoms with E-state index in [1.807, 2.05) is 11.0 Å². The average Bonchev–Trinajstić information content (AvgIpc) is 3.50. The lowest BCUT2D eigenvalue weighted by molar-refractivity contribution is -0.134. The lowest BCUT2D eigenvalue weighted by atomic mass is 10.1. The number of hydrogen-bond acceptors (Lipinski definition) is 4. The number of carbonyl (C=O) groups excluding carboxylic acids is 1. The number of halogens is 1. The summed E-state index contributed by atoms with van der Waals surface area (Å²) in [7, 11) is 1.74. The highest BCUT2D eigenvalue weighted by Crippen LogP contribution is 2.28. The predicted octanol–water partition coefficient (Wildman–Crippen LogP) is 3.47. The van der Waals surface area contributed by atoms with E-state index in [0.717, 1.165) is 37.9 Å². The van der Waals surface area contributed by atoms with Crippen LogP contribution in [-0.2, 0) is 11.3 Å². The first-order valence-corrected chi connectivity index (χ1v) is 11.2. The minimum atomic E-state index is -0.351. The maximum absolute atomic E-state index is 13.3. The number of nitrogens with one attached hydrogen (secondary N) is 2. The molecule has 1 aromatic carbocycles. The van der Waals surface area contributed by atoms with Crippen LogP contribution in [0, 0.1) is 11.7 Å². The number of hydrogen-bond donors (Lipinski definition) is 2. The smallest absolute Gasteiger partial charge is 0.225 e. The van der Waals surface area contributed by atoms with Gasteiger partial charge in [0.15, 0.2) is 5.96 Å². The van der Waals surface area contributed by atoms with E-state index in [-0.39, 0.29) is 17.8 Å². The Bertz CT molecular complexity index is 944. The molecule has 1 atom stereocenters. The molecule has 0 spiro atoms. The van der Waals surface area contributed by atoms with Crippen LogP contribution in [0.15, 0.2) is 47.6 Å². The average molecular weight is 440 g/mol. The summed E-state index contributed by atoms with van der Waals surface area (Å²) in [4.78, 5) is 23.2. The molecule has 2 fully saturated rings. The molecule has 1 saturated carbocycles. The first-order valence-electron chi connectivity index (χ1n) is 11.2. The van der Waals surface area contributed by atoms with Crippen LogP contribution in [0.4, 0.5) is 4.39 Å². The van der Waals surface area contributed by atoms with Crippen molar-refractivity contribution in [2.45, 2.75) is 44.7 Å². The second kappa shape index (κ2) is 10.4. The van der Waals surface area contributed by atoms with E-state index in [1.165, 1.54) is 25.0 Å². The Morgan fingerprint density at radius 2 is 2.09 bits per heavy atom. The number of pyridine rings is 1. The number of benzene rings is 1. The number of rotatable bonds is 6. The number of likely N-dealkylation sites (tertiary alicyclic amines) is 1. The summed E-state index contributed by atoms with van der Waals surface area (Å²) in [5, 5.41) is 6.72. The zero-order valence-electron chi connectivity index (χ0n) is 18.4. The van der Waals surface area contributed by atoms with Crippen LogP contribution in [0.25, 0.3) is 0 Å². The number of amides is 1. The van der Waals surface area contributed by atoms with Crippen LogP contribution in [0.1, 0.15) is 37.7 Å². The molecule has 2 heterocycles. The Labute approximate surface area is 188 Å². The molecule has 2 aromatic rings.